The van der Waals surface area contributed by atoms with Crippen LogP contribution in [0.5, 0.6) is 0 Å². The lowest BCUT2D eigenvalue weighted by molar-refractivity contribution is 0.0783. The first-order chi connectivity index (χ1) is 14.3. The van der Waals surface area contributed by atoms with Gasteiger partial charge in [-0.3, -0.25) is 9.59 Å². The first-order valence-corrected chi connectivity index (χ1v) is 11.2. The molecule has 8 heteroatoms. The van der Waals surface area contributed by atoms with Gasteiger partial charge in [0.05, 0.1) is 4.90 Å². The summed E-state index contributed by atoms with van der Waals surface area (Å²) in [5.74, 6) is -0.431. The summed E-state index contributed by atoms with van der Waals surface area (Å²) >= 11 is 0. The lowest BCUT2D eigenvalue weighted by Crippen LogP contribution is -2.31. The molecule has 0 unspecified atom stereocenters. The molecule has 0 saturated carbocycles. The van der Waals surface area contributed by atoms with Gasteiger partial charge in [0.15, 0.2) is 0 Å². The highest BCUT2D eigenvalue weighted by molar-refractivity contribution is 7.89. The van der Waals surface area contributed by atoms with Gasteiger partial charge in [-0.2, -0.15) is 4.31 Å². The molecule has 0 saturated heterocycles. The second-order valence-electron chi connectivity index (χ2n) is 6.98. The van der Waals surface area contributed by atoms with Crippen LogP contribution in [0.1, 0.15) is 29.8 Å². The van der Waals surface area contributed by atoms with Gasteiger partial charge in [0.25, 0.3) is 5.91 Å². The Morgan fingerprint density at radius 2 is 1.70 bits per heavy atom. The normalized spacial score (nSPS) is 11.7. The third-order valence-electron chi connectivity index (χ3n) is 5.04. The molecule has 30 heavy (non-hydrogen) atoms. The number of hydrogen-bond donors (Lipinski definition) is 1. The number of hydrogen-bond acceptors (Lipinski definition) is 4. The molecule has 0 fully saturated rings. The number of carbonyl (C=O) groups excluding carboxylic acids is 1. The van der Waals surface area contributed by atoms with Gasteiger partial charge in [-0.15, -0.1) is 0 Å². The predicted octanol–water partition coefficient (Wildman–Crippen LogP) is 2.83. The number of sulfonamides is 1. The van der Waals surface area contributed by atoms with Crippen LogP contribution < -0.4 is 5.43 Å². The van der Waals surface area contributed by atoms with Gasteiger partial charge in [0.2, 0.25) is 15.5 Å². The first-order valence-electron chi connectivity index (χ1n) is 9.74. The number of rotatable bonds is 7. The maximum absolute atomic E-state index is 13.0. The van der Waals surface area contributed by atoms with E-state index in [1.165, 1.54) is 27.5 Å². The Kier molecular flexibility index (Phi) is 6.38. The molecule has 0 aliphatic heterocycles. The van der Waals surface area contributed by atoms with Crippen LogP contribution in [0.4, 0.5) is 0 Å². The second kappa shape index (κ2) is 8.81. The van der Waals surface area contributed by atoms with Gasteiger partial charge in [0.1, 0.15) is 5.56 Å². The molecule has 0 spiro atoms. The van der Waals surface area contributed by atoms with Crippen LogP contribution in [0.2, 0.25) is 0 Å². The van der Waals surface area contributed by atoms with Crippen LogP contribution in [-0.2, 0) is 16.6 Å². The SMILES string of the molecule is CCN(CC)S(=O)(=O)c1ccc2[nH]cc(C(=O)N(C)Cc3ccccc3)c(=O)c2c1. The third-order valence-corrected chi connectivity index (χ3v) is 7.08. The number of aromatic amines is 1. The largest absolute Gasteiger partial charge is 0.360 e. The van der Waals surface area contributed by atoms with E-state index in [2.05, 4.69) is 4.98 Å². The molecule has 1 aromatic heterocycles. The Labute approximate surface area is 176 Å². The lowest BCUT2D eigenvalue weighted by Gasteiger charge is -2.19. The fourth-order valence-corrected chi connectivity index (χ4v) is 4.85. The van der Waals surface area contributed by atoms with Gasteiger partial charge in [-0.1, -0.05) is 44.2 Å². The molecule has 158 valence electrons. The zero-order chi connectivity index (χ0) is 21.9. The van der Waals surface area contributed by atoms with E-state index in [0.717, 1.165) is 5.56 Å². The number of H-pyrrole nitrogens is 1. The maximum atomic E-state index is 13.0. The van der Waals surface area contributed by atoms with Crippen molar-refractivity contribution in [2.75, 3.05) is 20.1 Å². The van der Waals surface area contributed by atoms with Crippen molar-refractivity contribution in [1.29, 1.82) is 0 Å². The van der Waals surface area contributed by atoms with Crippen molar-refractivity contribution < 1.29 is 13.2 Å². The molecule has 0 atom stereocenters. The number of nitrogens with one attached hydrogen (secondary N) is 1. The van der Waals surface area contributed by atoms with E-state index in [-0.39, 0.29) is 15.8 Å². The smallest absolute Gasteiger partial charge is 0.259 e. The van der Waals surface area contributed by atoms with Crippen LogP contribution >= 0.6 is 0 Å². The number of amides is 1. The number of carbonyl (C=O) groups is 1. The number of benzene rings is 2. The van der Waals surface area contributed by atoms with Crippen molar-refractivity contribution in [2.24, 2.45) is 0 Å². The van der Waals surface area contributed by atoms with E-state index in [9.17, 15) is 18.0 Å². The van der Waals surface area contributed by atoms with E-state index in [1.54, 1.807) is 27.0 Å². The van der Waals surface area contributed by atoms with Crippen LogP contribution in [0, 0.1) is 0 Å². The summed E-state index contributed by atoms with van der Waals surface area (Å²) in [4.78, 5) is 30.3. The molecule has 0 radical (unpaired) electrons. The maximum Gasteiger partial charge on any atom is 0.259 e. The number of nitrogens with zero attached hydrogens (tertiary/aromatic N) is 2. The van der Waals surface area contributed by atoms with Crippen molar-refractivity contribution in [2.45, 2.75) is 25.3 Å². The van der Waals surface area contributed by atoms with E-state index >= 15 is 0 Å². The Hall–Kier alpha value is -2.97. The molecule has 7 nitrogen and oxygen atoms in total. The van der Waals surface area contributed by atoms with E-state index in [0.29, 0.717) is 25.2 Å². The molecule has 3 rings (SSSR count). The van der Waals surface area contributed by atoms with Crippen molar-refractivity contribution in [3.63, 3.8) is 0 Å². The predicted molar refractivity (Wildman–Crippen MR) is 117 cm³/mol. The minimum atomic E-state index is -3.71. The summed E-state index contributed by atoms with van der Waals surface area (Å²) in [7, 11) is -2.09. The highest BCUT2D eigenvalue weighted by Gasteiger charge is 2.23. The Bertz CT molecular complexity index is 1220. The molecular formula is C22H25N3O4S. The number of fused-ring (bicyclic) bond motifs is 1. The van der Waals surface area contributed by atoms with Gasteiger partial charge in [0, 0.05) is 43.8 Å². The standard InChI is InChI=1S/C22H25N3O4S/c1-4-25(5-2)30(28,29)17-11-12-20-18(13-17)21(26)19(14-23-20)22(27)24(3)15-16-9-7-6-8-10-16/h6-14H,4-5,15H2,1-3H3,(H,23,26). The topological polar surface area (TPSA) is 90.6 Å². The minimum Gasteiger partial charge on any atom is -0.360 e. The first kappa shape index (κ1) is 21.7. The fourth-order valence-electron chi connectivity index (χ4n) is 3.36. The summed E-state index contributed by atoms with van der Waals surface area (Å²) < 4.78 is 27.0. The van der Waals surface area contributed by atoms with Crippen molar-refractivity contribution in [1.82, 2.24) is 14.2 Å². The zero-order valence-electron chi connectivity index (χ0n) is 17.3. The summed E-state index contributed by atoms with van der Waals surface area (Å²) in [5, 5.41) is 0.169. The van der Waals surface area contributed by atoms with Crippen molar-refractivity contribution in [3.8, 4) is 0 Å². The summed E-state index contributed by atoms with van der Waals surface area (Å²) in [6, 6.07) is 13.8. The fraction of sp³-hybridized carbons (Fsp3) is 0.273. The number of pyridine rings is 1. The Balaban J connectivity index is 2.00. The van der Waals surface area contributed by atoms with E-state index in [4.69, 9.17) is 0 Å². The second-order valence-corrected chi connectivity index (χ2v) is 8.91. The van der Waals surface area contributed by atoms with Crippen LogP contribution in [0.3, 0.4) is 0 Å². The highest BCUT2D eigenvalue weighted by atomic mass is 32.2. The quantitative estimate of drug-likeness (QED) is 0.628. The summed E-state index contributed by atoms with van der Waals surface area (Å²) in [6.45, 7) is 4.53. The average molecular weight is 428 g/mol. The van der Waals surface area contributed by atoms with E-state index in [1.807, 2.05) is 30.3 Å². The zero-order valence-corrected chi connectivity index (χ0v) is 18.1. The van der Waals surface area contributed by atoms with Gasteiger partial charge in [-0.05, 0) is 23.8 Å². The Morgan fingerprint density at radius 1 is 1.03 bits per heavy atom. The Morgan fingerprint density at radius 3 is 2.33 bits per heavy atom. The molecule has 2 aromatic carbocycles. The van der Waals surface area contributed by atoms with Crippen LogP contribution in [0.15, 0.2) is 64.4 Å². The number of aromatic nitrogens is 1. The molecule has 0 bridgehead atoms. The third kappa shape index (κ3) is 4.15. The monoisotopic (exact) mass is 427 g/mol. The molecular weight excluding hydrogens is 402 g/mol. The van der Waals surface area contributed by atoms with Crippen molar-refractivity contribution in [3.05, 3.63) is 76.1 Å². The molecule has 1 N–H and O–H groups in total. The highest BCUT2D eigenvalue weighted by Crippen LogP contribution is 2.20. The lowest BCUT2D eigenvalue weighted by atomic mass is 10.1. The molecule has 3 aromatic rings. The van der Waals surface area contributed by atoms with Crippen LogP contribution in [0.25, 0.3) is 10.9 Å². The minimum absolute atomic E-state index is 0.0293. The van der Waals surface area contributed by atoms with Crippen molar-refractivity contribution >= 4 is 26.8 Å². The molecule has 1 amide bonds. The molecule has 1 heterocycles. The van der Waals surface area contributed by atoms with Crippen LogP contribution in [-0.4, -0.2) is 48.7 Å². The average Bonchev–Trinajstić information content (AvgIpc) is 2.74. The summed E-state index contributed by atoms with van der Waals surface area (Å²) in [6.07, 6.45) is 1.38. The van der Waals surface area contributed by atoms with Gasteiger partial charge in [-0.25, -0.2) is 8.42 Å². The van der Waals surface area contributed by atoms with E-state index < -0.39 is 21.4 Å². The summed E-state index contributed by atoms with van der Waals surface area (Å²) in [5.41, 5.74) is 0.891. The molecule has 0 aliphatic rings. The van der Waals surface area contributed by atoms with Gasteiger partial charge >= 0.3 is 0 Å². The molecule has 0 aliphatic carbocycles. The van der Waals surface area contributed by atoms with Gasteiger partial charge < -0.3 is 9.88 Å².